The van der Waals surface area contributed by atoms with Gasteiger partial charge in [0.05, 0.1) is 5.69 Å². The minimum atomic E-state index is 0.389. The Balaban J connectivity index is 2.12. The zero-order chi connectivity index (χ0) is 13.0. The van der Waals surface area contributed by atoms with Gasteiger partial charge in [-0.1, -0.05) is 6.92 Å². The predicted octanol–water partition coefficient (Wildman–Crippen LogP) is 3.07. The second-order valence-corrected chi connectivity index (χ2v) is 5.61. The third-order valence-corrected chi connectivity index (χ3v) is 4.17. The first kappa shape index (κ1) is 13.3. The molecule has 2 aromatic heterocycles. The van der Waals surface area contributed by atoms with Crippen LogP contribution in [0.3, 0.4) is 0 Å². The highest BCUT2D eigenvalue weighted by Gasteiger charge is 2.16. The summed E-state index contributed by atoms with van der Waals surface area (Å²) in [4.78, 5) is 1.44. The summed E-state index contributed by atoms with van der Waals surface area (Å²) in [7, 11) is 1.97. The molecule has 0 aromatic carbocycles. The van der Waals surface area contributed by atoms with Crippen molar-refractivity contribution in [2.75, 3.05) is 6.54 Å². The van der Waals surface area contributed by atoms with Gasteiger partial charge in [0, 0.05) is 30.6 Å². The van der Waals surface area contributed by atoms with Crippen LogP contribution < -0.4 is 5.32 Å². The molecule has 1 atom stereocenters. The summed E-state index contributed by atoms with van der Waals surface area (Å²) in [5, 5.41) is 10.3. The summed E-state index contributed by atoms with van der Waals surface area (Å²) in [5.41, 5.74) is 2.53. The lowest BCUT2D eigenvalue weighted by molar-refractivity contribution is 0.526. The Bertz CT molecular complexity index is 487. The van der Waals surface area contributed by atoms with E-state index >= 15 is 0 Å². The van der Waals surface area contributed by atoms with Gasteiger partial charge < -0.3 is 5.32 Å². The van der Waals surface area contributed by atoms with E-state index in [2.05, 4.69) is 41.8 Å². The molecular formula is C14H21N3S. The Kier molecular flexibility index (Phi) is 4.55. The number of aryl methyl sites for hydroxylation is 2. The van der Waals surface area contributed by atoms with Crippen LogP contribution in [0.4, 0.5) is 0 Å². The minimum Gasteiger partial charge on any atom is -0.309 e. The van der Waals surface area contributed by atoms with Gasteiger partial charge in [0.2, 0.25) is 0 Å². The third-order valence-electron chi connectivity index (χ3n) is 3.04. The highest BCUT2D eigenvalue weighted by atomic mass is 32.1. The van der Waals surface area contributed by atoms with Crippen molar-refractivity contribution in [3.63, 3.8) is 0 Å². The monoisotopic (exact) mass is 263 g/mol. The number of nitrogens with one attached hydrogen (secondary N) is 1. The number of rotatable bonds is 6. The molecule has 0 saturated carbocycles. The smallest absolute Gasteiger partial charge is 0.0643 e. The number of thiophene rings is 1. The molecule has 98 valence electrons. The fourth-order valence-electron chi connectivity index (χ4n) is 2.10. The first-order valence-electron chi connectivity index (χ1n) is 6.46. The van der Waals surface area contributed by atoms with Crippen molar-refractivity contribution in [3.8, 4) is 0 Å². The van der Waals surface area contributed by atoms with Crippen LogP contribution >= 0.6 is 11.3 Å². The Morgan fingerprint density at radius 3 is 2.83 bits per heavy atom. The molecule has 0 amide bonds. The van der Waals surface area contributed by atoms with Gasteiger partial charge in [-0.2, -0.15) is 5.10 Å². The standard InChI is InChI=1S/C14H21N3S/c1-4-7-15-13(14-11(2)6-9-18-14)10-12-5-8-17(3)16-12/h5-6,8-9,13,15H,4,7,10H2,1-3H3. The van der Waals surface area contributed by atoms with E-state index in [1.807, 2.05) is 29.3 Å². The van der Waals surface area contributed by atoms with Crippen LogP contribution in [0.25, 0.3) is 0 Å². The lowest BCUT2D eigenvalue weighted by Crippen LogP contribution is -2.24. The van der Waals surface area contributed by atoms with Gasteiger partial charge in [-0.05, 0) is 43.0 Å². The molecule has 0 radical (unpaired) electrons. The lowest BCUT2D eigenvalue weighted by atomic mass is 10.1. The average Bonchev–Trinajstić information content (AvgIpc) is 2.93. The van der Waals surface area contributed by atoms with Crippen molar-refractivity contribution in [3.05, 3.63) is 39.8 Å². The number of hydrogen-bond acceptors (Lipinski definition) is 3. The van der Waals surface area contributed by atoms with Gasteiger partial charge >= 0.3 is 0 Å². The van der Waals surface area contributed by atoms with Crippen molar-refractivity contribution < 1.29 is 0 Å². The van der Waals surface area contributed by atoms with Crippen LogP contribution in [0.15, 0.2) is 23.7 Å². The van der Waals surface area contributed by atoms with Crippen LogP contribution in [-0.2, 0) is 13.5 Å². The van der Waals surface area contributed by atoms with E-state index in [4.69, 9.17) is 0 Å². The zero-order valence-corrected chi connectivity index (χ0v) is 12.1. The van der Waals surface area contributed by atoms with E-state index < -0.39 is 0 Å². The second-order valence-electron chi connectivity index (χ2n) is 4.66. The highest BCUT2D eigenvalue weighted by Crippen LogP contribution is 2.26. The SMILES string of the molecule is CCCNC(Cc1ccn(C)n1)c1sccc1C. The molecule has 0 fully saturated rings. The largest absolute Gasteiger partial charge is 0.309 e. The van der Waals surface area contributed by atoms with Crippen LogP contribution in [0.5, 0.6) is 0 Å². The van der Waals surface area contributed by atoms with Crippen molar-refractivity contribution >= 4 is 11.3 Å². The fraction of sp³-hybridized carbons (Fsp3) is 0.500. The molecule has 0 aliphatic heterocycles. The summed E-state index contributed by atoms with van der Waals surface area (Å²) in [6, 6.07) is 4.68. The maximum Gasteiger partial charge on any atom is 0.0643 e. The molecular weight excluding hydrogens is 242 g/mol. The first-order valence-corrected chi connectivity index (χ1v) is 7.34. The van der Waals surface area contributed by atoms with E-state index in [9.17, 15) is 0 Å². The number of hydrogen-bond donors (Lipinski definition) is 1. The second kappa shape index (κ2) is 6.16. The summed E-state index contributed by atoms with van der Waals surface area (Å²) in [6.45, 7) is 5.44. The quantitative estimate of drug-likeness (QED) is 0.868. The summed E-state index contributed by atoms with van der Waals surface area (Å²) >= 11 is 1.84. The lowest BCUT2D eigenvalue weighted by Gasteiger charge is -2.17. The van der Waals surface area contributed by atoms with Gasteiger partial charge in [-0.3, -0.25) is 4.68 Å². The molecule has 0 aliphatic rings. The maximum absolute atomic E-state index is 4.48. The van der Waals surface area contributed by atoms with Gasteiger partial charge in [0.1, 0.15) is 0 Å². The van der Waals surface area contributed by atoms with Crippen molar-refractivity contribution in [2.45, 2.75) is 32.7 Å². The van der Waals surface area contributed by atoms with Crippen LogP contribution in [0.2, 0.25) is 0 Å². The predicted molar refractivity (Wildman–Crippen MR) is 77.0 cm³/mol. The van der Waals surface area contributed by atoms with E-state index in [-0.39, 0.29) is 0 Å². The molecule has 0 aliphatic carbocycles. The molecule has 0 spiro atoms. The molecule has 2 heterocycles. The normalized spacial score (nSPS) is 12.8. The summed E-state index contributed by atoms with van der Waals surface area (Å²) < 4.78 is 1.87. The van der Waals surface area contributed by atoms with E-state index in [1.54, 1.807) is 0 Å². The van der Waals surface area contributed by atoms with Crippen LogP contribution in [-0.4, -0.2) is 16.3 Å². The molecule has 4 heteroatoms. The fourth-order valence-corrected chi connectivity index (χ4v) is 3.10. The topological polar surface area (TPSA) is 29.9 Å². The van der Waals surface area contributed by atoms with Crippen molar-refractivity contribution in [1.82, 2.24) is 15.1 Å². The molecule has 1 unspecified atom stereocenters. The van der Waals surface area contributed by atoms with Gasteiger partial charge in [-0.25, -0.2) is 0 Å². The third kappa shape index (κ3) is 3.21. The van der Waals surface area contributed by atoms with Crippen LogP contribution in [0.1, 0.15) is 35.5 Å². The Labute approximate surface area is 113 Å². The Morgan fingerprint density at radius 2 is 2.28 bits per heavy atom. The molecule has 0 bridgehead atoms. The Hall–Kier alpha value is -1.13. The molecule has 2 aromatic rings. The number of nitrogens with zero attached hydrogens (tertiary/aromatic N) is 2. The molecule has 18 heavy (non-hydrogen) atoms. The van der Waals surface area contributed by atoms with Crippen molar-refractivity contribution in [2.24, 2.45) is 7.05 Å². The first-order chi connectivity index (χ1) is 8.70. The van der Waals surface area contributed by atoms with E-state index in [0.717, 1.165) is 25.1 Å². The van der Waals surface area contributed by atoms with Gasteiger partial charge in [-0.15, -0.1) is 11.3 Å². The Morgan fingerprint density at radius 1 is 1.44 bits per heavy atom. The highest BCUT2D eigenvalue weighted by molar-refractivity contribution is 7.10. The van der Waals surface area contributed by atoms with E-state index in [1.165, 1.54) is 10.4 Å². The minimum absolute atomic E-state index is 0.389. The number of aromatic nitrogens is 2. The van der Waals surface area contributed by atoms with Crippen LogP contribution in [0, 0.1) is 6.92 Å². The summed E-state index contributed by atoms with van der Waals surface area (Å²) in [5.74, 6) is 0. The van der Waals surface area contributed by atoms with Gasteiger partial charge in [0.15, 0.2) is 0 Å². The molecule has 0 saturated heterocycles. The van der Waals surface area contributed by atoms with Gasteiger partial charge in [0.25, 0.3) is 0 Å². The zero-order valence-electron chi connectivity index (χ0n) is 11.3. The van der Waals surface area contributed by atoms with Crippen molar-refractivity contribution in [1.29, 1.82) is 0 Å². The maximum atomic E-state index is 4.48. The summed E-state index contributed by atoms with van der Waals surface area (Å²) in [6.07, 6.45) is 4.12. The molecule has 2 rings (SSSR count). The molecule has 3 nitrogen and oxygen atoms in total. The van der Waals surface area contributed by atoms with E-state index in [0.29, 0.717) is 6.04 Å². The molecule has 1 N–H and O–H groups in total. The average molecular weight is 263 g/mol.